The number of carbonyl (C=O) groups is 1. The number of ether oxygens (including phenoxy) is 1. The molecule has 3 aromatic rings. The number of rotatable bonds is 7. The van der Waals surface area contributed by atoms with Gasteiger partial charge in [0, 0.05) is 24.4 Å². The lowest BCUT2D eigenvalue weighted by atomic mass is 10.1. The largest absolute Gasteiger partial charge is 0.490 e. The van der Waals surface area contributed by atoms with Crippen LogP contribution in [0.4, 0.5) is 11.5 Å². The van der Waals surface area contributed by atoms with Crippen LogP contribution in [0.3, 0.4) is 0 Å². The van der Waals surface area contributed by atoms with Gasteiger partial charge >= 0.3 is 0 Å². The smallest absolute Gasteiger partial charge is 0.273 e. The number of nitrogen functional groups attached to an aromatic ring is 1. The van der Waals surface area contributed by atoms with E-state index in [0.29, 0.717) is 11.4 Å². The second-order valence-electron chi connectivity index (χ2n) is 7.70. The Balaban J connectivity index is 1.68. The maximum atomic E-state index is 13.2. The second kappa shape index (κ2) is 9.38. The second-order valence-corrected chi connectivity index (χ2v) is 8.52. The lowest BCUT2D eigenvalue weighted by Crippen LogP contribution is -2.31. The van der Waals surface area contributed by atoms with Crippen LogP contribution in [-0.4, -0.2) is 33.6 Å². The Morgan fingerprint density at radius 1 is 1.24 bits per heavy atom. The summed E-state index contributed by atoms with van der Waals surface area (Å²) in [5, 5.41) is 6.11. The standard InChI is InChI=1S/C22H22Cl2N6O3/c1-11(26-2)12-5-13(9-27-8-12)29-21(31)18-20(25)28-10-30(22(18)32)19-16(23)6-15(7-17(19)24)33-14-3-4-14/h5-11,14,26H,3-4,25H2,1-2H3,(H,29,31)/t11-/m0/s1. The molecule has 2 aromatic heterocycles. The summed E-state index contributed by atoms with van der Waals surface area (Å²) in [6, 6.07) is 4.92. The van der Waals surface area contributed by atoms with E-state index < -0.39 is 11.5 Å². The predicted molar refractivity (Wildman–Crippen MR) is 128 cm³/mol. The summed E-state index contributed by atoms with van der Waals surface area (Å²) in [7, 11) is 1.82. The SMILES string of the molecule is CN[C@@H](C)c1cncc(NC(=O)c2c(N)ncn(-c3c(Cl)cc(OC4CC4)cc3Cl)c2=O)c1. The third-order valence-corrected chi connectivity index (χ3v) is 5.81. The van der Waals surface area contributed by atoms with Crippen LogP contribution in [0.2, 0.25) is 10.0 Å². The van der Waals surface area contributed by atoms with Crippen molar-refractivity contribution in [3.05, 3.63) is 68.4 Å². The first-order chi connectivity index (χ1) is 15.8. The molecule has 0 saturated heterocycles. The van der Waals surface area contributed by atoms with Gasteiger partial charge in [0.05, 0.1) is 33.7 Å². The van der Waals surface area contributed by atoms with Crippen LogP contribution >= 0.6 is 23.2 Å². The molecule has 0 unspecified atom stereocenters. The number of carbonyl (C=O) groups excluding carboxylic acids is 1. The molecule has 1 aliphatic carbocycles. The van der Waals surface area contributed by atoms with Gasteiger partial charge in [0.25, 0.3) is 11.5 Å². The van der Waals surface area contributed by atoms with E-state index in [0.717, 1.165) is 23.0 Å². The molecule has 4 N–H and O–H groups in total. The maximum absolute atomic E-state index is 13.2. The molecule has 0 radical (unpaired) electrons. The van der Waals surface area contributed by atoms with Crippen molar-refractivity contribution < 1.29 is 9.53 Å². The summed E-state index contributed by atoms with van der Waals surface area (Å²) >= 11 is 12.8. The first kappa shape index (κ1) is 23.0. The topological polar surface area (TPSA) is 124 Å². The average molecular weight is 489 g/mol. The fraction of sp³-hybridized carbons (Fsp3) is 0.273. The van der Waals surface area contributed by atoms with Gasteiger partial charge in [-0.1, -0.05) is 23.2 Å². The molecule has 0 spiro atoms. The molecular formula is C22H22Cl2N6O3. The number of amides is 1. The van der Waals surface area contributed by atoms with Crippen LogP contribution in [0.25, 0.3) is 5.69 Å². The van der Waals surface area contributed by atoms with Gasteiger partial charge in [-0.3, -0.25) is 19.1 Å². The number of hydrogen-bond donors (Lipinski definition) is 3. The zero-order valence-corrected chi connectivity index (χ0v) is 19.4. The molecule has 11 heteroatoms. The number of nitrogens with two attached hydrogens (primary N) is 1. The van der Waals surface area contributed by atoms with Gasteiger partial charge in [0.15, 0.2) is 0 Å². The van der Waals surface area contributed by atoms with Crippen molar-refractivity contribution in [2.75, 3.05) is 18.1 Å². The Kier molecular flexibility index (Phi) is 6.55. The Bertz CT molecular complexity index is 1250. The van der Waals surface area contributed by atoms with Crippen molar-refractivity contribution in [2.24, 2.45) is 0 Å². The number of aromatic nitrogens is 3. The molecule has 1 atom stereocenters. The lowest BCUT2D eigenvalue weighted by Gasteiger charge is -2.15. The molecule has 2 heterocycles. The van der Waals surface area contributed by atoms with Crippen LogP contribution in [0, 0.1) is 0 Å². The summed E-state index contributed by atoms with van der Waals surface area (Å²) in [6.45, 7) is 1.95. The molecule has 1 fully saturated rings. The van der Waals surface area contributed by atoms with Crippen molar-refractivity contribution >= 4 is 40.6 Å². The van der Waals surface area contributed by atoms with E-state index in [1.165, 1.54) is 12.5 Å². The van der Waals surface area contributed by atoms with Crippen molar-refractivity contribution in [2.45, 2.75) is 31.9 Å². The molecule has 1 aliphatic rings. The summed E-state index contributed by atoms with van der Waals surface area (Å²) < 4.78 is 6.82. The quantitative estimate of drug-likeness (QED) is 0.463. The number of benzene rings is 1. The van der Waals surface area contributed by atoms with Crippen molar-refractivity contribution in [1.82, 2.24) is 19.9 Å². The van der Waals surface area contributed by atoms with E-state index in [2.05, 4.69) is 20.6 Å². The summed E-state index contributed by atoms with van der Waals surface area (Å²) in [6.07, 6.45) is 6.44. The zero-order chi connectivity index (χ0) is 23.7. The van der Waals surface area contributed by atoms with E-state index in [9.17, 15) is 9.59 Å². The molecular weight excluding hydrogens is 467 g/mol. The van der Waals surface area contributed by atoms with Gasteiger partial charge in [-0.15, -0.1) is 0 Å². The fourth-order valence-electron chi connectivity index (χ4n) is 3.18. The van der Waals surface area contributed by atoms with Gasteiger partial charge in [0.2, 0.25) is 0 Å². The highest BCUT2D eigenvalue weighted by Gasteiger charge is 2.25. The van der Waals surface area contributed by atoms with Crippen molar-refractivity contribution in [3.63, 3.8) is 0 Å². The molecule has 0 aliphatic heterocycles. The third kappa shape index (κ3) is 4.95. The Hall–Kier alpha value is -3.14. The van der Waals surface area contributed by atoms with Crippen molar-refractivity contribution in [3.8, 4) is 11.4 Å². The minimum atomic E-state index is -0.726. The highest BCUT2D eigenvalue weighted by molar-refractivity contribution is 6.38. The Morgan fingerprint density at radius 2 is 1.94 bits per heavy atom. The van der Waals surface area contributed by atoms with E-state index in [1.54, 1.807) is 24.4 Å². The molecule has 9 nitrogen and oxygen atoms in total. The number of hydrogen-bond acceptors (Lipinski definition) is 7. The van der Waals surface area contributed by atoms with Gasteiger partial charge in [0.1, 0.15) is 23.5 Å². The highest BCUT2D eigenvalue weighted by Crippen LogP contribution is 2.35. The minimum absolute atomic E-state index is 0.0196. The lowest BCUT2D eigenvalue weighted by molar-refractivity contribution is 0.102. The number of nitrogens with zero attached hydrogens (tertiary/aromatic N) is 3. The number of anilines is 2. The molecule has 33 heavy (non-hydrogen) atoms. The van der Waals surface area contributed by atoms with Gasteiger partial charge in [-0.25, -0.2) is 4.98 Å². The average Bonchev–Trinajstić information content (AvgIpc) is 3.58. The van der Waals surface area contributed by atoms with E-state index in [-0.39, 0.29) is 39.3 Å². The molecule has 172 valence electrons. The van der Waals surface area contributed by atoms with Gasteiger partial charge in [-0.2, -0.15) is 0 Å². The number of nitrogens with one attached hydrogen (secondary N) is 2. The van der Waals surface area contributed by atoms with Crippen LogP contribution in [0.15, 0.2) is 41.7 Å². The van der Waals surface area contributed by atoms with Crippen LogP contribution < -0.4 is 26.7 Å². The number of pyridine rings is 1. The molecule has 1 saturated carbocycles. The maximum Gasteiger partial charge on any atom is 0.273 e. The van der Waals surface area contributed by atoms with Gasteiger partial charge < -0.3 is 21.1 Å². The van der Waals surface area contributed by atoms with Crippen LogP contribution in [0.1, 0.15) is 41.7 Å². The first-order valence-electron chi connectivity index (χ1n) is 10.2. The molecule has 1 aromatic carbocycles. The van der Waals surface area contributed by atoms with E-state index in [1.807, 2.05) is 14.0 Å². The van der Waals surface area contributed by atoms with Crippen LogP contribution in [0.5, 0.6) is 5.75 Å². The molecule has 0 bridgehead atoms. The van der Waals surface area contributed by atoms with Gasteiger partial charge in [-0.05, 0) is 38.4 Å². The Labute approximate surface area is 199 Å². The molecule has 1 amide bonds. The first-order valence-corrected chi connectivity index (χ1v) is 11.0. The van der Waals surface area contributed by atoms with Crippen molar-refractivity contribution in [1.29, 1.82) is 0 Å². The normalized spacial score (nSPS) is 14.1. The Morgan fingerprint density at radius 3 is 2.58 bits per heavy atom. The minimum Gasteiger partial charge on any atom is -0.490 e. The fourth-order valence-corrected chi connectivity index (χ4v) is 3.83. The predicted octanol–water partition coefficient (Wildman–Crippen LogP) is 3.59. The van der Waals surface area contributed by atoms with E-state index >= 15 is 0 Å². The summed E-state index contributed by atoms with van der Waals surface area (Å²) in [5.41, 5.74) is 6.28. The third-order valence-electron chi connectivity index (χ3n) is 5.24. The molecule has 4 rings (SSSR count). The van der Waals surface area contributed by atoms with E-state index in [4.69, 9.17) is 33.7 Å². The zero-order valence-electron chi connectivity index (χ0n) is 17.9. The highest BCUT2D eigenvalue weighted by atomic mass is 35.5. The summed E-state index contributed by atoms with van der Waals surface area (Å²) in [4.78, 5) is 34.3. The van der Waals surface area contributed by atoms with Crippen LogP contribution in [-0.2, 0) is 0 Å². The number of halogens is 2. The monoisotopic (exact) mass is 488 g/mol. The summed E-state index contributed by atoms with van der Waals surface area (Å²) in [5.74, 6) is -0.437.